The number of aromatic nitrogens is 1. The van der Waals surface area contributed by atoms with Crippen molar-refractivity contribution in [2.24, 2.45) is 4.99 Å². The number of hydrogen-bond donors (Lipinski definition) is 1. The summed E-state index contributed by atoms with van der Waals surface area (Å²) in [5.41, 5.74) is 3.62. The smallest absolute Gasteiger partial charge is 0.194 e. The van der Waals surface area contributed by atoms with Gasteiger partial charge in [-0.1, -0.05) is 35.0 Å². The Morgan fingerprint density at radius 1 is 1.12 bits per heavy atom. The number of guanidine groups is 1. The lowest BCUT2D eigenvalue weighted by molar-refractivity contribution is 0.0179. The Bertz CT molecular complexity index is 842. The highest BCUT2D eigenvalue weighted by Crippen LogP contribution is 2.23. The summed E-state index contributed by atoms with van der Waals surface area (Å²) in [6.07, 6.45) is 1.64. The minimum absolute atomic E-state index is 0.265. The lowest BCUT2D eigenvalue weighted by Crippen LogP contribution is -2.52. The van der Waals surface area contributed by atoms with Crippen LogP contribution in [0.15, 0.2) is 46.1 Å². The van der Waals surface area contributed by atoms with Crippen LogP contribution in [0.1, 0.15) is 29.8 Å². The number of rotatable bonds is 7. The molecular formula is C24H36N6O2. The van der Waals surface area contributed by atoms with Gasteiger partial charge in [0, 0.05) is 58.4 Å². The van der Waals surface area contributed by atoms with Crippen molar-refractivity contribution in [1.82, 2.24) is 25.2 Å². The molecule has 0 aliphatic carbocycles. The molecule has 2 aliphatic heterocycles. The van der Waals surface area contributed by atoms with E-state index in [4.69, 9.17) is 14.3 Å². The molecule has 32 heavy (non-hydrogen) atoms. The summed E-state index contributed by atoms with van der Waals surface area (Å²) in [7, 11) is 0. The predicted molar refractivity (Wildman–Crippen MR) is 126 cm³/mol. The number of aliphatic imine (C=N–C) groups is 1. The molecule has 3 heterocycles. The molecule has 2 fully saturated rings. The van der Waals surface area contributed by atoms with E-state index in [1.54, 1.807) is 6.26 Å². The van der Waals surface area contributed by atoms with Crippen molar-refractivity contribution in [2.45, 2.75) is 26.4 Å². The van der Waals surface area contributed by atoms with E-state index < -0.39 is 0 Å². The average Bonchev–Trinajstić information content (AvgIpc) is 3.33. The van der Waals surface area contributed by atoms with Crippen molar-refractivity contribution in [2.75, 3.05) is 65.6 Å². The molecule has 1 unspecified atom stereocenters. The van der Waals surface area contributed by atoms with Gasteiger partial charge in [-0.2, -0.15) is 0 Å². The molecule has 0 bridgehead atoms. The van der Waals surface area contributed by atoms with E-state index in [1.165, 1.54) is 11.1 Å². The number of piperazine rings is 1. The monoisotopic (exact) mass is 440 g/mol. The molecule has 0 amide bonds. The number of nitrogens with one attached hydrogen (secondary N) is 1. The number of benzene rings is 1. The molecule has 2 saturated heterocycles. The number of nitrogens with zero attached hydrogens (tertiary/aromatic N) is 5. The van der Waals surface area contributed by atoms with Crippen molar-refractivity contribution in [1.29, 1.82) is 0 Å². The fraction of sp³-hybridized carbons (Fsp3) is 0.583. The summed E-state index contributed by atoms with van der Waals surface area (Å²) < 4.78 is 10.6. The Kier molecular flexibility index (Phi) is 8.14. The fourth-order valence-electron chi connectivity index (χ4n) is 4.46. The summed E-state index contributed by atoms with van der Waals surface area (Å²) in [6, 6.07) is 11.0. The molecule has 174 valence electrons. The Balaban J connectivity index is 1.43. The number of hydrogen-bond acceptors (Lipinski definition) is 6. The molecule has 0 saturated carbocycles. The first-order chi connectivity index (χ1) is 15.7. The molecule has 1 aromatic heterocycles. The van der Waals surface area contributed by atoms with Crippen molar-refractivity contribution < 1.29 is 9.26 Å². The van der Waals surface area contributed by atoms with Gasteiger partial charge in [0.2, 0.25) is 0 Å². The standard InChI is InChI=1S/C24H36N6O2/c1-3-25-24(30-10-8-28(9-11-30)19-22-7-14-32-27-22)26-18-23(29-12-15-31-16-13-29)21-6-4-5-20(2)17-21/h4-7,14,17,23H,3,8-13,15-16,18-19H2,1-2H3,(H,25,26). The molecule has 8 heteroatoms. The van der Waals surface area contributed by atoms with Crippen molar-refractivity contribution in [3.8, 4) is 0 Å². The largest absolute Gasteiger partial charge is 0.379 e. The lowest BCUT2D eigenvalue weighted by atomic mass is 10.0. The van der Waals surface area contributed by atoms with E-state index >= 15 is 0 Å². The molecule has 4 rings (SSSR count). The number of morpholine rings is 1. The van der Waals surface area contributed by atoms with E-state index in [1.807, 2.05) is 6.07 Å². The molecule has 0 radical (unpaired) electrons. The number of ether oxygens (including phenoxy) is 1. The van der Waals surface area contributed by atoms with E-state index in [0.29, 0.717) is 0 Å². The third-order valence-electron chi connectivity index (χ3n) is 6.21. The van der Waals surface area contributed by atoms with E-state index in [9.17, 15) is 0 Å². The zero-order valence-electron chi connectivity index (χ0n) is 19.4. The Labute approximate surface area is 191 Å². The Morgan fingerprint density at radius 2 is 1.94 bits per heavy atom. The van der Waals surface area contributed by atoms with Crippen molar-refractivity contribution in [3.05, 3.63) is 53.4 Å². The van der Waals surface area contributed by atoms with Gasteiger partial charge in [0.25, 0.3) is 0 Å². The summed E-state index contributed by atoms with van der Waals surface area (Å²) in [5, 5.41) is 7.56. The maximum atomic E-state index is 5.60. The second-order valence-electron chi connectivity index (χ2n) is 8.53. The van der Waals surface area contributed by atoms with Gasteiger partial charge < -0.3 is 19.5 Å². The number of aryl methyl sites for hydroxylation is 1. The topological polar surface area (TPSA) is 69.4 Å². The van der Waals surface area contributed by atoms with Gasteiger partial charge >= 0.3 is 0 Å². The van der Waals surface area contributed by atoms with Gasteiger partial charge in [0.1, 0.15) is 6.26 Å². The Morgan fingerprint density at radius 3 is 2.62 bits per heavy atom. The fourth-order valence-corrected chi connectivity index (χ4v) is 4.46. The van der Waals surface area contributed by atoms with Gasteiger partial charge in [-0.25, -0.2) is 0 Å². The van der Waals surface area contributed by atoms with Crippen LogP contribution < -0.4 is 5.32 Å². The van der Waals surface area contributed by atoms with Crippen LogP contribution in [0.3, 0.4) is 0 Å². The van der Waals surface area contributed by atoms with Crippen LogP contribution in [-0.2, 0) is 11.3 Å². The highest BCUT2D eigenvalue weighted by Gasteiger charge is 2.24. The van der Waals surface area contributed by atoms with Crippen molar-refractivity contribution in [3.63, 3.8) is 0 Å². The molecule has 1 N–H and O–H groups in total. The first-order valence-electron chi connectivity index (χ1n) is 11.8. The predicted octanol–water partition coefficient (Wildman–Crippen LogP) is 2.14. The molecule has 2 aliphatic rings. The van der Waals surface area contributed by atoms with Gasteiger partial charge in [0.05, 0.1) is 31.5 Å². The zero-order valence-corrected chi connectivity index (χ0v) is 19.4. The van der Waals surface area contributed by atoms with Crippen LogP contribution in [0, 0.1) is 6.92 Å². The van der Waals surface area contributed by atoms with E-state index in [-0.39, 0.29) is 6.04 Å². The second-order valence-corrected chi connectivity index (χ2v) is 8.53. The highest BCUT2D eigenvalue weighted by molar-refractivity contribution is 5.80. The van der Waals surface area contributed by atoms with Crippen LogP contribution >= 0.6 is 0 Å². The molecule has 0 spiro atoms. The lowest BCUT2D eigenvalue weighted by Gasteiger charge is -2.37. The second kappa shape index (κ2) is 11.4. The van der Waals surface area contributed by atoms with Crippen LogP contribution in [0.5, 0.6) is 0 Å². The van der Waals surface area contributed by atoms with Gasteiger partial charge in [-0.05, 0) is 19.4 Å². The Hall–Kier alpha value is -2.42. The first-order valence-corrected chi connectivity index (χ1v) is 11.8. The van der Waals surface area contributed by atoms with Gasteiger partial charge in [-0.3, -0.25) is 14.8 Å². The summed E-state index contributed by atoms with van der Waals surface area (Å²) >= 11 is 0. The molecule has 1 atom stereocenters. The van der Waals surface area contributed by atoms with Crippen LogP contribution in [-0.4, -0.2) is 91.4 Å². The summed E-state index contributed by atoms with van der Waals surface area (Å²) in [6.45, 7) is 14.1. The third kappa shape index (κ3) is 6.09. The van der Waals surface area contributed by atoms with Gasteiger partial charge in [0.15, 0.2) is 5.96 Å². The molecule has 8 nitrogen and oxygen atoms in total. The molecule has 1 aromatic carbocycles. The molecule has 2 aromatic rings. The van der Waals surface area contributed by atoms with Gasteiger partial charge in [-0.15, -0.1) is 0 Å². The van der Waals surface area contributed by atoms with E-state index in [2.05, 4.69) is 63.3 Å². The molecular weight excluding hydrogens is 404 g/mol. The SMILES string of the molecule is CCNC(=NCC(c1cccc(C)c1)N1CCOCC1)N1CCN(Cc2ccon2)CC1. The minimum atomic E-state index is 0.265. The normalized spacial score (nSPS) is 19.8. The highest BCUT2D eigenvalue weighted by atomic mass is 16.5. The average molecular weight is 441 g/mol. The van der Waals surface area contributed by atoms with Crippen LogP contribution in [0.4, 0.5) is 0 Å². The maximum absolute atomic E-state index is 5.60. The first kappa shape index (κ1) is 22.8. The third-order valence-corrected chi connectivity index (χ3v) is 6.21. The quantitative estimate of drug-likeness (QED) is 0.523. The maximum Gasteiger partial charge on any atom is 0.194 e. The van der Waals surface area contributed by atoms with Crippen LogP contribution in [0.25, 0.3) is 0 Å². The minimum Gasteiger partial charge on any atom is -0.379 e. The van der Waals surface area contributed by atoms with E-state index in [0.717, 1.165) is 83.8 Å². The zero-order chi connectivity index (χ0) is 22.2. The summed E-state index contributed by atoms with van der Waals surface area (Å²) in [5.74, 6) is 1.01. The summed E-state index contributed by atoms with van der Waals surface area (Å²) in [4.78, 5) is 12.4. The van der Waals surface area contributed by atoms with Crippen molar-refractivity contribution >= 4 is 5.96 Å². The van der Waals surface area contributed by atoms with Crippen LogP contribution in [0.2, 0.25) is 0 Å².